The molecule has 2 N–H and O–H groups in total. The summed E-state index contributed by atoms with van der Waals surface area (Å²) in [6.07, 6.45) is 1.67. The Balaban J connectivity index is 2.00. The van der Waals surface area contributed by atoms with Crippen LogP contribution in [0.15, 0.2) is 42.6 Å². The van der Waals surface area contributed by atoms with Crippen molar-refractivity contribution < 1.29 is 9.13 Å². The average Bonchev–Trinajstić information content (AvgIpc) is 2.38. The third-order valence-corrected chi connectivity index (χ3v) is 2.62. The Morgan fingerprint density at radius 2 is 2.06 bits per heavy atom. The van der Waals surface area contributed by atoms with Crippen molar-refractivity contribution in [3.63, 3.8) is 0 Å². The van der Waals surface area contributed by atoms with Crippen molar-refractivity contribution in [1.29, 1.82) is 0 Å². The molecular weight excluding hydrogens is 231 g/mol. The molecule has 0 bridgehead atoms. The Morgan fingerprint density at radius 1 is 1.28 bits per heavy atom. The molecule has 0 unspecified atom stereocenters. The first-order valence-electron chi connectivity index (χ1n) is 5.74. The molecular formula is C14H15FN2O. The van der Waals surface area contributed by atoms with E-state index in [9.17, 15) is 4.39 Å². The minimum absolute atomic E-state index is 0.0573. The van der Waals surface area contributed by atoms with Crippen molar-refractivity contribution >= 4 is 0 Å². The molecule has 1 aromatic heterocycles. The van der Waals surface area contributed by atoms with Gasteiger partial charge in [0.25, 0.3) is 0 Å². The Bertz CT molecular complexity index is 511. The Hall–Kier alpha value is -1.94. The quantitative estimate of drug-likeness (QED) is 0.902. The largest absolute Gasteiger partial charge is 0.473 e. The second kappa shape index (κ2) is 5.60. The van der Waals surface area contributed by atoms with Gasteiger partial charge in [-0.05, 0) is 18.6 Å². The molecule has 0 fully saturated rings. The van der Waals surface area contributed by atoms with Gasteiger partial charge < -0.3 is 10.5 Å². The van der Waals surface area contributed by atoms with Gasteiger partial charge in [0.2, 0.25) is 5.88 Å². The van der Waals surface area contributed by atoms with Gasteiger partial charge in [-0.15, -0.1) is 0 Å². The van der Waals surface area contributed by atoms with Crippen LogP contribution in [0.2, 0.25) is 0 Å². The Morgan fingerprint density at radius 3 is 2.67 bits per heavy atom. The van der Waals surface area contributed by atoms with Gasteiger partial charge in [0.15, 0.2) is 0 Å². The Kier molecular flexibility index (Phi) is 3.89. The molecule has 3 nitrogen and oxygen atoms in total. The van der Waals surface area contributed by atoms with Crippen molar-refractivity contribution in [2.45, 2.75) is 19.6 Å². The van der Waals surface area contributed by atoms with Crippen molar-refractivity contribution in [2.24, 2.45) is 5.73 Å². The summed E-state index contributed by atoms with van der Waals surface area (Å²) in [6.45, 7) is 2.05. The van der Waals surface area contributed by atoms with Crippen molar-refractivity contribution in [2.75, 3.05) is 0 Å². The summed E-state index contributed by atoms with van der Waals surface area (Å²) >= 11 is 0. The first-order chi connectivity index (χ1) is 8.66. The number of benzene rings is 1. The highest BCUT2D eigenvalue weighted by Crippen LogP contribution is 2.14. The molecule has 0 aliphatic rings. The van der Waals surface area contributed by atoms with E-state index in [0.29, 0.717) is 11.4 Å². The van der Waals surface area contributed by atoms with Crippen LogP contribution in [0.3, 0.4) is 0 Å². The van der Waals surface area contributed by atoms with Gasteiger partial charge in [-0.1, -0.05) is 24.3 Å². The smallest absolute Gasteiger partial charge is 0.213 e. The molecule has 0 radical (unpaired) electrons. The van der Waals surface area contributed by atoms with E-state index >= 15 is 0 Å². The van der Waals surface area contributed by atoms with Crippen LogP contribution in [0.1, 0.15) is 24.1 Å². The summed E-state index contributed by atoms with van der Waals surface area (Å²) in [5.41, 5.74) is 7.17. The third kappa shape index (κ3) is 3.05. The van der Waals surface area contributed by atoms with E-state index in [1.54, 1.807) is 30.5 Å². The molecule has 2 rings (SSSR count). The molecule has 0 aliphatic heterocycles. The standard InChI is InChI=1S/C14H15FN2O/c1-10(16)11-6-7-14(17-8-11)18-9-12-4-2-3-5-13(12)15/h2-8,10H,9,16H2,1H3/t10-/m1/s1. The summed E-state index contributed by atoms with van der Waals surface area (Å²) in [5.74, 6) is 0.187. The van der Waals surface area contributed by atoms with Gasteiger partial charge in [0, 0.05) is 23.9 Å². The second-order valence-corrected chi connectivity index (χ2v) is 4.10. The molecule has 2 aromatic rings. The summed E-state index contributed by atoms with van der Waals surface area (Å²) in [4.78, 5) is 4.12. The Labute approximate surface area is 105 Å². The fourth-order valence-electron chi connectivity index (χ4n) is 1.51. The molecule has 4 heteroatoms. The fraction of sp³-hybridized carbons (Fsp3) is 0.214. The first-order valence-corrected chi connectivity index (χ1v) is 5.74. The average molecular weight is 246 g/mol. The third-order valence-electron chi connectivity index (χ3n) is 2.62. The lowest BCUT2D eigenvalue weighted by Crippen LogP contribution is -2.06. The summed E-state index contributed by atoms with van der Waals surface area (Å²) in [6, 6.07) is 10.0. The minimum atomic E-state index is -0.273. The van der Waals surface area contributed by atoms with Gasteiger partial charge in [0.05, 0.1) is 0 Å². The normalized spacial score (nSPS) is 12.2. The highest BCUT2D eigenvalue weighted by Gasteiger charge is 2.03. The van der Waals surface area contributed by atoms with E-state index in [2.05, 4.69) is 4.98 Å². The number of nitrogens with zero attached hydrogens (tertiary/aromatic N) is 1. The zero-order chi connectivity index (χ0) is 13.0. The predicted octanol–water partition coefficient (Wildman–Crippen LogP) is 2.82. The zero-order valence-electron chi connectivity index (χ0n) is 10.1. The lowest BCUT2D eigenvalue weighted by Gasteiger charge is -2.08. The number of rotatable bonds is 4. The first kappa shape index (κ1) is 12.5. The maximum Gasteiger partial charge on any atom is 0.213 e. The molecule has 0 amide bonds. The molecule has 0 saturated heterocycles. The summed E-state index contributed by atoms with van der Waals surface area (Å²) in [5, 5.41) is 0. The van der Waals surface area contributed by atoms with Crippen LogP contribution < -0.4 is 10.5 Å². The number of pyridine rings is 1. The molecule has 0 saturated carbocycles. The van der Waals surface area contributed by atoms with Crippen LogP contribution in [-0.4, -0.2) is 4.98 Å². The van der Waals surface area contributed by atoms with Crippen LogP contribution in [0, 0.1) is 5.82 Å². The van der Waals surface area contributed by atoms with Crippen LogP contribution in [0.5, 0.6) is 5.88 Å². The number of hydrogen-bond donors (Lipinski definition) is 1. The predicted molar refractivity (Wildman–Crippen MR) is 67.6 cm³/mol. The number of hydrogen-bond acceptors (Lipinski definition) is 3. The summed E-state index contributed by atoms with van der Waals surface area (Å²) in [7, 11) is 0. The fourth-order valence-corrected chi connectivity index (χ4v) is 1.51. The van der Waals surface area contributed by atoms with E-state index in [4.69, 9.17) is 10.5 Å². The van der Waals surface area contributed by atoms with Crippen molar-refractivity contribution in [3.8, 4) is 5.88 Å². The number of aromatic nitrogens is 1. The maximum absolute atomic E-state index is 13.3. The van der Waals surface area contributed by atoms with E-state index in [-0.39, 0.29) is 18.5 Å². The SMILES string of the molecule is C[C@@H](N)c1ccc(OCc2ccccc2F)nc1. The van der Waals surface area contributed by atoms with Crippen LogP contribution in [-0.2, 0) is 6.61 Å². The highest BCUT2D eigenvalue weighted by atomic mass is 19.1. The summed E-state index contributed by atoms with van der Waals surface area (Å²) < 4.78 is 18.8. The zero-order valence-corrected chi connectivity index (χ0v) is 10.1. The van der Waals surface area contributed by atoms with E-state index in [1.165, 1.54) is 6.07 Å². The lowest BCUT2D eigenvalue weighted by molar-refractivity contribution is 0.288. The van der Waals surface area contributed by atoms with E-state index in [0.717, 1.165) is 5.56 Å². The van der Waals surface area contributed by atoms with Gasteiger partial charge >= 0.3 is 0 Å². The molecule has 1 heterocycles. The molecule has 1 aromatic carbocycles. The minimum Gasteiger partial charge on any atom is -0.473 e. The van der Waals surface area contributed by atoms with Crippen molar-refractivity contribution in [3.05, 3.63) is 59.5 Å². The number of ether oxygens (including phenoxy) is 1. The maximum atomic E-state index is 13.3. The lowest BCUT2D eigenvalue weighted by atomic mass is 10.2. The molecule has 0 aliphatic carbocycles. The van der Waals surface area contributed by atoms with E-state index < -0.39 is 0 Å². The molecule has 0 spiro atoms. The molecule has 18 heavy (non-hydrogen) atoms. The number of halogens is 1. The molecule has 94 valence electrons. The monoisotopic (exact) mass is 246 g/mol. The van der Waals surface area contributed by atoms with Gasteiger partial charge in [-0.2, -0.15) is 0 Å². The van der Waals surface area contributed by atoms with Crippen molar-refractivity contribution in [1.82, 2.24) is 4.98 Å². The van der Waals surface area contributed by atoms with Crippen LogP contribution in [0.4, 0.5) is 4.39 Å². The highest BCUT2D eigenvalue weighted by molar-refractivity contribution is 5.21. The second-order valence-electron chi connectivity index (χ2n) is 4.10. The van der Waals surface area contributed by atoms with Gasteiger partial charge in [0.1, 0.15) is 12.4 Å². The number of nitrogens with two attached hydrogens (primary N) is 1. The van der Waals surface area contributed by atoms with Gasteiger partial charge in [-0.3, -0.25) is 0 Å². The van der Waals surface area contributed by atoms with Crippen LogP contribution >= 0.6 is 0 Å². The topological polar surface area (TPSA) is 48.1 Å². The van der Waals surface area contributed by atoms with Crippen LogP contribution in [0.25, 0.3) is 0 Å². The molecule has 1 atom stereocenters. The van der Waals surface area contributed by atoms with Gasteiger partial charge in [-0.25, -0.2) is 9.37 Å². The van der Waals surface area contributed by atoms with E-state index in [1.807, 2.05) is 13.0 Å².